The lowest BCUT2D eigenvalue weighted by Gasteiger charge is -2.11. The van der Waals surface area contributed by atoms with Crippen molar-refractivity contribution in [2.75, 3.05) is 5.73 Å². The maximum atomic E-state index is 11.7. The number of hydrogen-bond acceptors (Lipinski definition) is 13. The summed E-state index contributed by atoms with van der Waals surface area (Å²) >= 11 is 0.379. The Morgan fingerprint density at radius 2 is 1.58 bits per heavy atom. The average Bonchev–Trinajstić information content (AvgIpc) is 2.85. The standard InChI is InChI=1S/C21H16N4O10S3/c1-23-16-4-5-17(14-8-11(37(28,29)30)2-3-12(14)16)24-25-20-18(36-35-34-27)6-10-7-19(38(31,32)33)15(22)9-13(10)21(20)26/h2-9,26-27H,1,22H2,(H,28,29,30)(H,31,32,33). The smallest absolute Gasteiger partial charge is 0.296 e. The Labute approximate surface area is 218 Å². The molecular weight excluding hydrogens is 564 g/mol. The molecule has 0 heterocycles. The molecule has 0 saturated heterocycles. The van der Waals surface area contributed by atoms with E-state index in [0.717, 1.165) is 18.2 Å². The third-order valence-electron chi connectivity index (χ3n) is 5.28. The van der Waals surface area contributed by atoms with E-state index < -0.39 is 35.8 Å². The summed E-state index contributed by atoms with van der Waals surface area (Å²) in [6, 6.07) is 10.1. The summed E-state index contributed by atoms with van der Waals surface area (Å²) in [7, 11) is -9.24. The van der Waals surface area contributed by atoms with E-state index in [2.05, 4.69) is 31.3 Å². The minimum atomic E-state index is -4.69. The van der Waals surface area contributed by atoms with E-state index in [1.54, 1.807) is 0 Å². The molecule has 0 unspecified atom stereocenters. The highest BCUT2D eigenvalue weighted by Crippen LogP contribution is 2.46. The van der Waals surface area contributed by atoms with E-state index in [1.165, 1.54) is 30.3 Å². The summed E-state index contributed by atoms with van der Waals surface area (Å²) in [6.45, 7) is 3.47. The summed E-state index contributed by atoms with van der Waals surface area (Å²) in [5.41, 5.74) is 5.65. The molecule has 198 valence electrons. The van der Waals surface area contributed by atoms with Gasteiger partial charge >= 0.3 is 0 Å². The van der Waals surface area contributed by atoms with E-state index in [1.807, 2.05) is 0 Å². The van der Waals surface area contributed by atoms with Crippen molar-refractivity contribution in [2.45, 2.75) is 14.7 Å². The quantitative estimate of drug-likeness (QED) is 0.0354. The molecule has 4 aromatic rings. The van der Waals surface area contributed by atoms with Gasteiger partial charge in [-0.3, -0.25) is 14.1 Å². The lowest BCUT2D eigenvalue weighted by molar-refractivity contribution is -0.432. The highest BCUT2D eigenvalue weighted by Gasteiger charge is 2.21. The van der Waals surface area contributed by atoms with E-state index in [0.29, 0.717) is 23.1 Å². The van der Waals surface area contributed by atoms with Gasteiger partial charge in [0, 0.05) is 16.2 Å². The normalized spacial score (nSPS) is 12.5. The molecule has 6 N–H and O–H groups in total. The maximum absolute atomic E-state index is 11.7. The van der Waals surface area contributed by atoms with Gasteiger partial charge in [-0.05, 0) is 54.6 Å². The van der Waals surface area contributed by atoms with Crippen LogP contribution in [0.2, 0.25) is 0 Å². The number of azo groups is 1. The van der Waals surface area contributed by atoms with Crippen LogP contribution in [0.25, 0.3) is 21.5 Å². The molecule has 0 aliphatic carbocycles. The molecule has 4 aromatic carbocycles. The van der Waals surface area contributed by atoms with Crippen molar-refractivity contribution < 1.29 is 45.7 Å². The summed E-state index contributed by atoms with van der Waals surface area (Å²) in [4.78, 5) is 2.84. The molecule has 0 aliphatic rings. The van der Waals surface area contributed by atoms with Gasteiger partial charge in [0.1, 0.15) is 10.6 Å². The van der Waals surface area contributed by atoms with Crippen LogP contribution in [0.4, 0.5) is 22.7 Å². The van der Waals surface area contributed by atoms with Gasteiger partial charge < -0.3 is 10.8 Å². The van der Waals surface area contributed by atoms with Crippen LogP contribution in [0.5, 0.6) is 5.75 Å². The number of rotatable bonds is 8. The second-order valence-electron chi connectivity index (χ2n) is 7.53. The monoisotopic (exact) mass is 580 g/mol. The minimum Gasteiger partial charge on any atom is -0.505 e. The molecular formula is C21H16N4O10S3. The molecule has 14 nitrogen and oxygen atoms in total. The van der Waals surface area contributed by atoms with Crippen molar-refractivity contribution in [1.82, 2.24) is 0 Å². The summed E-state index contributed by atoms with van der Waals surface area (Å²) in [5.74, 6) is -0.531. The van der Waals surface area contributed by atoms with Crippen molar-refractivity contribution >= 4 is 83.3 Å². The molecule has 0 aliphatic heterocycles. The topological polar surface area (TPSA) is 231 Å². The van der Waals surface area contributed by atoms with Gasteiger partial charge in [0.25, 0.3) is 20.2 Å². The minimum absolute atomic E-state index is 0.0221. The van der Waals surface area contributed by atoms with Crippen LogP contribution >= 0.6 is 12.0 Å². The first-order valence-corrected chi connectivity index (χ1v) is 13.6. The predicted molar refractivity (Wildman–Crippen MR) is 138 cm³/mol. The Hall–Kier alpha value is -3.68. The van der Waals surface area contributed by atoms with Gasteiger partial charge in [-0.1, -0.05) is 11.1 Å². The third-order valence-corrected chi connectivity index (χ3v) is 7.66. The van der Waals surface area contributed by atoms with Gasteiger partial charge in [0.15, 0.2) is 5.75 Å². The van der Waals surface area contributed by atoms with Crippen LogP contribution in [0.1, 0.15) is 0 Å². The second-order valence-corrected chi connectivity index (χ2v) is 11.1. The fourth-order valence-corrected chi connectivity index (χ4v) is 5.25. The van der Waals surface area contributed by atoms with E-state index in [4.69, 9.17) is 11.0 Å². The molecule has 0 saturated carbocycles. The summed E-state index contributed by atoms with van der Waals surface area (Å²) in [6.07, 6.45) is 0. The molecule has 38 heavy (non-hydrogen) atoms. The number of hydrogen-bond donors (Lipinski definition) is 5. The van der Waals surface area contributed by atoms with Gasteiger partial charge in [0.2, 0.25) is 0 Å². The van der Waals surface area contributed by atoms with E-state index >= 15 is 0 Å². The fraction of sp³-hybridized carbons (Fsp3) is 0. The largest absolute Gasteiger partial charge is 0.505 e. The van der Waals surface area contributed by atoms with Gasteiger partial charge in [0.05, 0.1) is 38.9 Å². The molecule has 0 bridgehead atoms. The average molecular weight is 581 g/mol. The predicted octanol–water partition coefficient (Wildman–Crippen LogP) is 4.95. The van der Waals surface area contributed by atoms with Crippen LogP contribution in [0, 0.1) is 0 Å². The zero-order valence-electron chi connectivity index (χ0n) is 18.7. The molecule has 0 fully saturated rings. The fourth-order valence-electron chi connectivity index (χ4n) is 3.61. The van der Waals surface area contributed by atoms with Crippen LogP contribution in [0.3, 0.4) is 0 Å². The zero-order valence-corrected chi connectivity index (χ0v) is 21.2. The molecule has 0 amide bonds. The van der Waals surface area contributed by atoms with Gasteiger partial charge in [-0.25, -0.2) is 5.26 Å². The lowest BCUT2D eigenvalue weighted by atomic mass is 10.1. The van der Waals surface area contributed by atoms with E-state index in [-0.39, 0.29) is 38.1 Å². The maximum Gasteiger partial charge on any atom is 0.296 e. The number of anilines is 1. The zero-order chi connectivity index (χ0) is 27.8. The Morgan fingerprint density at radius 1 is 0.868 bits per heavy atom. The van der Waals surface area contributed by atoms with Crippen molar-refractivity contribution in [3.63, 3.8) is 0 Å². The van der Waals surface area contributed by atoms with Crippen molar-refractivity contribution in [3.8, 4) is 5.75 Å². The second kappa shape index (κ2) is 10.2. The number of nitrogens with zero attached hydrogens (tertiary/aromatic N) is 3. The van der Waals surface area contributed by atoms with Crippen molar-refractivity contribution in [2.24, 2.45) is 15.2 Å². The first kappa shape index (κ1) is 27.4. The number of phenolic OH excluding ortho intramolecular Hbond substituents is 1. The first-order valence-electron chi connectivity index (χ1n) is 9.99. The van der Waals surface area contributed by atoms with Crippen LogP contribution in [-0.2, 0) is 29.6 Å². The third kappa shape index (κ3) is 5.30. The van der Waals surface area contributed by atoms with Crippen molar-refractivity contribution in [3.05, 3.63) is 48.5 Å². The number of nitrogen functional groups attached to an aromatic ring is 1. The SMILES string of the molecule is C=Nc1ccc(N=Nc2c(SOOO)cc3cc(S(=O)(=O)O)c(N)cc3c2O)c2cc(S(=O)(=O)O)ccc12. The highest BCUT2D eigenvalue weighted by molar-refractivity contribution is 7.94. The summed E-state index contributed by atoms with van der Waals surface area (Å²) < 4.78 is 69.9. The number of aliphatic imine (C=N–C) groups is 1. The number of fused-ring (bicyclic) bond motifs is 2. The molecule has 0 spiro atoms. The molecule has 0 aromatic heterocycles. The number of phenols is 1. The molecule has 0 atom stereocenters. The van der Waals surface area contributed by atoms with Gasteiger partial charge in [-0.15, -0.1) is 14.6 Å². The summed E-state index contributed by atoms with van der Waals surface area (Å²) in [5, 5.41) is 32.1. The van der Waals surface area contributed by atoms with E-state index in [9.17, 15) is 31.0 Å². The van der Waals surface area contributed by atoms with Crippen LogP contribution < -0.4 is 5.73 Å². The molecule has 4 rings (SSSR count). The Bertz CT molecular complexity index is 1860. The highest BCUT2D eigenvalue weighted by atomic mass is 32.2. The number of nitrogens with two attached hydrogens (primary N) is 1. The Kier molecular flexibility index (Phi) is 7.37. The number of benzene rings is 4. The van der Waals surface area contributed by atoms with Gasteiger partial charge in [-0.2, -0.15) is 16.8 Å². The van der Waals surface area contributed by atoms with Crippen LogP contribution in [-0.4, -0.2) is 43.0 Å². The Morgan fingerprint density at radius 3 is 2.21 bits per heavy atom. The lowest BCUT2D eigenvalue weighted by Crippen LogP contribution is -2.03. The van der Waals surface area contributed by atoms with Crippen molar-refractivity contribution in [1.29, 1.82) is 0 Å². The van der Waals surface area contributed by atoms with Crippen LogP contribution in [0.15, 0.2) is 78.4 Å². The Balaban J connectivity index is 1.95. The number of aromatic hydroxyl groups is 1. The first-order chi connectivity index (χ1) is 17.8. The molecule has 0 radical (unpaired) electrons. The molecule has 17 heteroatoms.